The third-order valence-electron chi connectivity index (χ3n) is 2.13. The molecule has 0 atom stereocenters. The van der Waals surface area contributed by atoms with Crippen LogP contribution in [0.2, 0.25) is 10.0 Å². The Balaban J connectivity index is 2.26. The average molecular weight is 332 g/mol. The van der Waals surface area contributed by atoms with Crippen molar-refractivity contribution in [2.75, 3.05) is 11.2 Å². The van der Waals surface area contributed by atoms with E-state index in [9.17, 15) is 10.1 Å². The molecule has 0 saturated carbocycles. The van der Waals surface area contributed by atoms with Crippen molar-refractivity contribution < 1.29 is 4.92 Å². The summed E-state index contributed by atoms with van der Waals surface area (Å²) in [7, 11) is 0. The average Bonchev–Trinajstić information content (AvgIpc) is 2.73. The van der Waals surface area contributed by atoms with E-state index in [2.05, 4.69) is 15.5 Å². The predicted molar refractivity (Wildman–Crippen MR) is 80.9 cm³/mol. The Morgan fingerprint density at radius 3 is 2.85 bits per heavy atom. The summed E-state index contributed by atoms with van der Waals surface area (Å²) in [5.74, 6) is 0.365. The lowest BCUT2D eigenvalue weighted by molar-refractivity contribution is -0.384. The van der Waals surface area contributed by atoms with Crippen LogP contribution in [0.15, 0.2) is 22.6 Å². The number of nitrogens with one attached hydrogen (secondary N) is 1. The summed E-state index contributed by atoms with van der Waals surface area (Å²) in [6, 6.07) is 2.69. The number of thiazole rings is 1. The second-order valence-electron chi connectivity index (χ2n) is 3.53. The molecule has 0 radical (unpaired) electrons. The number of nitrogens with zero attached hydrogens (tertiary/aromatic N) is 3. The zero-order valence-electron chi connectivity index (χ0n) is 9.71. The zero-order chi connectivity index (χ0) is 14.7. The normalized spacial score (nSPS) is 10.9. The highest BCUT2D eigenvalue weighted by Gasteiger charge is 2.18. The van der Waals surface area contributed by atoms with Crippen LogP contribution in [0.1, 0.15) is 5.56 Å². The van der Waals surface area contributed by atoms with Crippen LogP contribution in [0.4, 0.5) is 16.6 Å². The molecular weight excluding hydrogens is 325 g/mol. The molecule has 104 valence electrons. The maximum absolute atomic E-state index is 11.0. The molecule has 1 aromatic carbocycles. The van der Waals surface area contributed by atoms with Gasteiger partial charge in [0.1, 0.15) is 10.8 Å². The lowest BCUT2D eigenvalue weighted by Crippen LogP contribution is -1.97. The fourth-order valence-electron chi connectivity index (χ4n) is 1.37. The first-order chi connectivity index (χ1) is 9.47. The number of nitrogens with two attached hydrogens (primary N) is 1. The van der Waals surface area contributed by atoms with E-state index < -0.39 is 4.92 Å². The van der Waals surface area contributed by atoms with Gasteiger partial charge in [0.2, 0.25) is 5.13 Å². The minimum Gasteiger partial charge on any atom is -0.383 e. The van der Waals surface area contributed by atoms with Gasteiger partial charge in [-0.2, -0.15) is 5.10 Å². The van der Waals surface area contributed by atoms with E-state index in [0.717, 1.165) is 0 Å². The molecule has 10 heteroatoms. The van der Waals surface area contributed by atoms with Gasteiger partial charge in [0, 0.05) is 10.4 Å². The van der Waals surface area contributed by atoms with Gasteiger partial charge in [0.05, 0.1) is 16.7 Å². The fourth-order valence-corrected chi connectivity index (χ4v) is 2.50. The van der Waals surface area contributed by atoms with Gasteiger partial charge >= 0.3 is 0 Å². The number of rotatable bonds is 4. The van der Waals surface area contributed by atoms with Crippen LogP contribution < -0.4 is 11.2 Å². The van der Waals surface area contributed by atoms with Crippen LogP contribution in [0.25, 0.3) is 0 Å². The molecule has 1 aromatic heterocycles. The highest BCUT2D eigenvalue weighted by molar-refractivity contribution is 7.14. The van der Waals surface area contributed by atoms with Crippen LogP contribution in [0.5, 0.6) is 0 Å². The number of hydrazone groups is 1. The molecule has 0 saturated heterocycles. The molecule has 0 spiro atoms. The van der Waals surface area contributed by atoms with Crippen LogP contribution >= 0.6 is 34.5 Å². The molecule has 0 aliphatic heterocycles. The van der Waals surface area contributed by atoms with Crippen molar-refractivity contribution in [1.29, 1.82) is 0 Å². The number of hydrogen-bond acceptors (Lipinski definition) is 7. The molecule has 7 nitrogen and oxygen atoms in total. The van der Waals surface area contributed by atoms with Gasteiger partial charge < -0.3 is 5.73 Å². The van der Waals surface area contributed by atoms with E-state index in [-0.39, 0.29) is 21.3 Å². The summed E-state index contributed by atoms with van der Waals surface area (Å²) in [4.78, 5) is 14.3. The van der Waals surface area contributed by atoms with Crippen molar-refractivity contribution in [1.82, 2.24) is 4.98 Å². The summed E-state index contributed by atoms with van der Waals surface area (Å²) in [5, 5.41) is 17.1. The summed E-state index contributed by atoms with van der Waals surface area (Å²) in [6.45, 7) is 0. The summed E-state index contributed by atoms with van der Waals surface area (Å²) < 4.78 is 0. The number of anilines is 2. The number of benzene rings is 1. The molecule has 2 rings (SSSR count). The van der Waals surface area contributed by atoms with Gasteiger partial charge in [0.25, 0.3) is 5.69 Å². The lowest BCUT2D eigenvalue weighted by Gasteiger charge is -2.01. The quantitative estimate of drug-likeness (QED) is 0.507. The van der Waals surface area contributed by atoms with E-state index in [0.29, 0.717) is 10.9 Å². The van der Waals surface area contributed by atoms with Crippen LogP contribution in [-0.2, 0) is 0 Å². The predicted octanol–water partition coefficient (Wildman–Crippen LogP) is 3.39. The minimum atomic E-state index is -0.596. The highest BCUT2D eigenvalue weighted by Crippen LogP contribution is 2.31. The summed E-state index contributed by atoms with van der Waals surface area (Å²) >= 11 is 12.9. The second-order valence-corrected chi connectivity index (χ2v) is 5.23. The first-order valence-electron chi connectivity index (χ1n) is 5.11. The zero-order valence-corrected chi connectivity index (χ0v) is 12.0. The SMILES string of the molecule is Nc1csc(NN=Cc2cc(Cl)cc(Cl)c2[N+](=O)[O-])n1. The molecule has 0 aliphatic rings. The number of halogens is 2. The Hall–Kier alpha value is -1.90. The molecular formula is C10H7Cl2N5O2S. The largest absolute Gasteiger partial charge is 0.383 e. The first-order valence-corrected chi connectivity index (χ1v) is 6.74. The van der Waals surface area contributed by atoms with Crippen molar-refractivity contribution in [2.24, 2.45) is 5.10 Å². The smallest absolute Gasteiger partial charge is 0.296 e. The molecule has 0 aliphatic carbocycles. The van der Waals surface area contributed by atoms with E-state index in [4.69, 9.17) is 28.9 Å². The van der Waals surface area contributed by atoms with E-state index >= 15 is 0 Å². The molecule has 2 aromatic rings. The first kappa shape index (κ1) is 14.5. The molecule has 20 heavy (non-hydrogen) atoms. The summed E-state index contributed by atoms with van der Waals surface area (Å²) in [6.07, 6.45) is 1.24. The lowest BCUT2D eigenvalue weighted by atomic mass is 10.2. The van der Waals surface area contributed by atoms with Gasteiger partial charge in [-0.05, 0) is 12.1 Å². The topological polar surface area (TPSA) is 106 Å². The Bertz CT molecular complexity index is 688. The minimum absolute atomic E-state index is 0.0533. The molecule has 3 N–H and O–H groups in total. The van der Waals surface area contributed by atoms with Crippen molar-refractivity contribution in [3.8, 4) is 0 Å². The second kappa shape index (κ2) is 6.04. The molecule has 0 fully saturated rings. The van der Waals surface area contributed by atoms with Gasteiger partial charge in [-0.1, -0.05) is 23.2 Å². The Morgan fingerprint density at radius 1 is 1.50 bits per heavy atom. The van der Waals surface area contributed by atoms with E-state index in [1.807, 2.05) is 0 Å². The van der Waals surface area contributed by atoms with Crippen molar-refractivity contribution in [2.45, 2.75) is 0 Å². The molecule has 0 bridgehead atoms. The monoisotopic (exact) mass is 331 g/mol. The van der Waals surface area contributed by atoms with E-state index in [1.54, 1.807) is 5.38 Å². The van der Waals surface area contributed by atoms with Crippen LogP contribution in [0.3, 0.4) is 0 Å². The van der Waals surface area contributed by atoms with Gasteiger partial charge in [0.15, 0.2) is 0 Å². The number of hydrogen-bond donors (Lipinski definition) is 2. The highest BCUT2D eigenvalue weighted by atomic mass is 35.5. The molecule has 1 heterocycles. The summed E-state index contributed by atoms with van der Waals surface area (Å²) in [5.41, 5.74) is 7.98. The Morgan fingerprint density at radius 2 is 2.25 bits per heavy atom. The van der Waals surface area contributed by atoms with Gasteiger partial charge in [-0.25, -0.2) is 4.98 Å². The number of nitrogen functional groups attached to an aromatic ring is 1. The third-order valence-corrected chi connectivity index (χ3v) is 3.40. The molecule has 0 unspecified atom stereocenters. The maximum atomic E-state index is 11.0. The Kier molecular flexibility index (Phi) is 4.38. The van der Waals surface area contributed by atoms with Gasteiger partial charge in [-0.3, -0.25) is 15.5 Å². The maximum Gasteiger partial charge on any atom is 0.296 e. The van der Waals surface area contributed by atoms with Crippen molar-refractivity contribution in [3.63, 3.8) is 0 Å². The van der Waals surface area contributed by atoms with Crippen LogP contribution in [0, 0.1) is 10.1 Å². The Labute approximate surface area is 127 Å². The number of aromatic nitrogens is 1. The van der Waals surface area contributed by atoms with Crippen molar-refractivity contribution in [3.05, 3.63) is 43.2 Å². The van der Waals surface area contributed by atoms with Crippen molar-refractivity contribution >= 4 is 57.4 Å². The number of nitro benzene ring substituents is 1. The fraction of sp³-hybridized carbons (Fsp3) is 0. The van der Waals surface area contributed by atoms with E-state index in [1.165, 1.54) is 29.7 Å². The standard InChI is InChI=1S/C10H7Cl2N5O2S/c11-6-1-5(9(17(18)19)7(12)2-6)3-14-16-10-15-8(13)4-20-10/h1-4H,13H2,(H,15,16). The third kappa shape index (κ3) is 3.35. The molecule has 0 amide bonds. The van der Waals surface area contributed by atoms with Crippen LogP contribution in [-0.4, -0.2) is 16.1 Å². The van der Waals surface area contributed by atoms with Gasteiger partial charge in [-0.15, -0.1) is 11.3 Å². The number of nitro groups is 1.